The highest BCUT2D eigenvalue weighted by Gasteiger charge is 2.33. The summed E-state index contributed by atoms with van der Waals surface area (Å²) in [6, 6.07) is 4.43. The maximum Gasteiger partial charge on any atom is 0.143 e. The molecule has 1 fully saturated rings. The molecule has 1 N–H and O–H groups in total. The molecule has 0 spiro atoms. The minimum absolute atomic E-state index is 0.309. The average Bonchev–Trinajstić information content (AvgIpc) is 2.35. The van der Waals surface area contributed by atoms with Gasteiger partial charge >= 0.3 is 0 Å². The minimum Gasteiger partial charge on any atom is -0.495 e. The fourth-order valence-electron chi connectivity index (χ4n) is 2.31. The summed E-state index contributed by atoms with van der Waals surface area (Å²) in [7, 11) is 1.69. The van der Waals surface area contributed by atoms with E-state index in [0.717, 1.165) is 27.8 Å². The lowest BCUT2D eigenvalue weighted by Gasteiger charge is -2.39. The third-order valence-electron chi connectivity index (χ3n) is 3.93. The molecule has 0 aliphatic carbocycles. The SMILES string of the molecule is COc1cc(Cl)c(C)cc1NC1CSCCC1(C)C. The van der Waals surface area contributed by atoms with Gasteiger partial charge in [0.05, 0.1) is 12.8 Å². The Morgan fingerprint density at radius 3 is 2.79 bits per heavy atom. The summed E-state index contributed by atoms with van der Waals surface area (Å²) < 4.78 is 5.44. The Hall–Kier alpha value is -0.540. The predicted molar refractivity (Wildman–Crippen MR) is 85.9 cm³/mol. The molecule has 0 amide bonds. The molecule has 0 radical (unpaired) electrons. The maximum atomic E-state index is 6.15. The monoisotopic (exact) mass is 299 g/mol. The number of aryl methyl sites for hydroxylation is 1. The van der Waals surface area contributed by atoms with E-state index in [2.05, 4.69) is 25.2 Å². The van der Waals surface area contributed by atoms with Crippen LogP contribution in [0.5, 0.6) is 5.75 Å². The van der Waals surface area contributed by atoms with Crippen molar-refractivity contribution in [3.8, 4) is 5.75 Å². The first-order chi connectivity index (χ1) is 8.94. The molecule has 4 heteroatoms. The van der Waals surface area contributed by atoms with E-state index >= 15 is 0 Å². The van der Waals surface area contributed by atoms with Gasteiger partial charge in [-0.1, -0.05) is 25.4 Å². The number of hydrogen-bond acceptors (Lipinski definition) is 3. The van der Waals surface area contributed by atoms with Crippen LogP contribution in [-0.2, 0) is 0 Å². The number of benzene rings is 1. The second-order valence-corrected chi connectivity index (χ2v) is 7.37. The van der Waals surface area contributed by atoms with Crippen molar-refractivity contribution in [1.29, 1.82) is 0 Å². The number of nitrogens with one attached hydrogen (secondary N) is 1. The minimum atomic E-state index is 0.309. The normalized spacial score (nSPS) is 22.1. The molecule has 106 valence electrons. The van der Waals surface area contributed by atoms with Gasteiger partial charge in [0, 0.05) is 22.9 Å². The maximum absolute atomic E-state index is 6.15. The zero-order valence-electron chi connectivity index (χ0n) is 12.0. The molecule has 0 bridgehead atoms. The molecule has 1 aromatic carbocycles. The molecule has 2 nitrogen and oxygen atoms in total. The van der Waals surface area contributed by atoms with Crippen LogP contribution in [0.2, 0.25) is 5.02 Å². The highest BCUT2D eigenvalue weighted by atomic mass is 35.5. The summed E-state index contributed by atoms with van der Waals surface area (Å²) in [6.45, 7) is 6.69. The summed E-state index contributed by atoms with van der Waals surface area (Å²) in [4.78, 5) is 0. The van der Waals surface area contributed by atoms with Gasteiger partial charge in [-0.25, -0.2) is 0 Å². The molecule has 0 aromatic heterocycles. The zero-order chi connectivity index (χ0) is 14.0. The number of ether oxygens (including phenoxy) is 1. The van der Waals surface area contributed by atoms with E-state index in [1.165, 1.54) is 12.2 Å². The Labute approximate surface area is 125 Å². The standard InChI is InChI=1S/C15H22ClNOS/c1-10-7-12(13(18-4)8-11(10)16)17-14-9-19-6-5-15(14,2)3/h7-8,14,17H,5-6,9H2,1-4H3. The van der Waals surface area contributed by atoms with E-state index in [4.69, 9.17) is 16.3 Å². The number of methoxy groups -OCH3 is 1. The Kier molecular flexibility index (Phi) is 4.57. The molecule has 2 rings (SSSR count). The molecule has 1 unspecified atom stereocenters. The van der Waals surface area contributed by atoms with Crippen molar-refractivity contribution in [3.63, 3.8) is 0 Å². The molecule has 1 atom stereocenters. The van der Waals surface area contributed by atoms with Crippen LogP contribution in [0.4, 0.5) is 5.69 Å². The van der Waals surface area contributed by atoms with Crippen LogP contribution in [0.25, 0.3) is 0 Å². The molecule has 1 heterocycles. The number of anilines is 1. The summed E-state index contributed by atoms with van der Waals surface area (Å²) in [5, 5.41) is 4.40. The van der Waals surface area contributed by atoms with Gasteiger partial charge in [-0.05, 0) is 36.1 Å². The molecular formula is C15H22ClNOS. The molecule has 1 saturated heterocycles. The summed E-state index contributed by atoms with van der Waals surface area (Å²) in [5.74, 6) is 3.21. The Bertz CT molecular complexity index is 462. The molecule has 1 aliphatic rings. The molecule has 1 aliphatic heterocycles. The second-order valence-electron chi connectivity index (χ2n) is 5.81. The number of halogens is 1. The second kappa shape index (κ2) is 5.84. The van der Waals surface area contributed by atoms with E-state index < -0.39 is 0 Å². The lowest BCUT2D eigenvalue weighted by Crippen LogP contribution is -2.41. The van der Waals surface area contributed by atoms with Gasteiger partial charge < -0.3 is 10.1 Å². The fourth-order valence-corrected chi connectivity index (χ4v) is 4.07. The van der Waals surface area contributed by atoms with Gasteiger partial charge in [-0.2, -0.15) is 11.8 Å². The Morgan fingerprint density at radius 1 is 1.42 bits per heavy atom. The number of thioether (sulfide) groups is 1. The van der Waals surface area contributed by atoms with Gasteiger partial charge in [-0.3, -0.25) is 0 Å². The fraction of sp³-hybridized carbons (Fsp3) is 0.600. The van der Waals surface area contributed by atoms with E-state index in [9.17, 15) is 0 Å². The van der Waals surface area contributed by atoms with Crippen molar-refractivity contribution in [2.45, 2.75) is 33.2 Å². The van der Waals surface area contributed by atoms with Gasteiger partial charge in [0.1, 0.15) is 5.75 Å². The highest BCUT2D eigenvalue weighted by Crippen LogP contribution is 2.38. The van der Waals surface area contributed by atoms with Crippen LogP contribution < -0.4 is 10.1 Å². The molecular weight excluding hydrogens is 278 g/mol. The predicted octanol–water partition coefficient (Wildman–Crippen LogP) is 4.60. The number of hydrogen-bond donors (Lipinski definition) is 1. The van der Waals surface area contributed by atoms with Crippen molar-refractivity contribution in [2.75, 3.05) is 23.9 Å². The molecule has 0 saturated carbocycles. The van der Waals surface area contributed by atoms with Crippen molar-refractivity contribution in [1.82, 2.24) is 0 Å². The zero-order valence-corrected chi connectivity index (χ0v) is 13.6. The molecule has 19 heavy (non-hydrogen) atoms. The van der Waals surface area contributed by atoms with Crippen LogP contribution in [0.15, 0.2) is 12.1 Å². The third kappa shape index (κ3) is 3.32. The van der Waals surface area contributed by atoms with Crippen LogP contribution in [0.1, 0.15) is 25.8 Å². The summed E-state index contributed by atoms with van der Waals surface area (Å²) >= 11 is 8.17. The first-order valence-electron chi connectivity index (χ1n) is 6.62. The Balaban J connectivity index is 2.25. The van der Waals surface area contributed by atoms with Gasteiger partial charge in [0.25, 0.3) is 0 Å². The van der Waals surface area contributed by atoms with Gasteiger partial charge in [0.2, 0.25) is 0 Å². The first kappa shape index (κ1) is 14.9. The van der Waals surface area contributed by atoms with E-state index in [1.807, 2.05) is 24.8 Å². The van der Waals surface area contributed by atoms with Crippen LogP contribution in [0, 0.1) is 12.3 Å². The van der Waals surface area contributed by atoms with Crippen molar-refractivity contribution in [2.24, 2.45) is 5.41 Å². The van der Waals surface area contributed by atoms with Crippen LogP contribution >= 0.6 is 23.4 Å². The summed E-state index contributed by atoms with van der Waals surface area (Å²) in [5.41, 5.74) is 2.43. The van der Waals surface area contributed by atoms with Gasteiger partial charge in [0.15, 0.2) is 0 Å². The van der Waals surface area contributed by atoms with Crippen molar-refractivity contribution >= 4 is 29.1 Å². The van der Waals surface area contributed by atoms with Crippen molar-refractivity contribution < 1.29 is 4.74 Å². The average molecular weight is 300 g/mol. The number of rotatable bonds is 3. The quantitative estimate of drug-likeness (QED) is 0.881. The largest absolute Gasteiger partial charge is 0.495 e. The van der Waals surface area contributed by atoms with E-state index in [0.29, 0.717) is 11.5 Å². The topological polar surface area (TPSA) is 21.3 Å². The van der Waals surface area contributed by atoms with Crippen LogP contribution in [-0.4, -0.2) is 24.7 Å². The van der Waals surface area contributed by atoms with Gasteiger partial charge in [-0.15, -0.1) is 0 Å². The smallest absolute Gasteiger partial charge is 0.143 e. The summed E-state index contributed by atoms with van der Waals surface area (Å²) in [6.07, 6.45) is 1.24. The third-order valence-corrected chi connectivity index (χ3v) is 5.40. The van der Waals surface area contributed by atoms with E-state index in [1.54, 1.807) is 7.11 Å². The lowest BCUT2D eigenvalue weighted by atomic mass is 9.82. The van der Waals surface area contributed by atoms with Crippen molar-refractivity contribution in [3.05, 3.63) is 22.7 Å². The molecule has 1 aromatic rings. The lowest BCUT2D eigenvalue weighted by molar-refractivity contribution is 0.304. The Morgan fingerprint density at radius 2 is 2.16 bits per heavy atom. The first-order valence-corrected chi connectivity index (χ1v) is 8.16. The van der Waals surface area contributed by atoms with E-state index in [-0.39, 0.29) is 0 Å². The van der Waals surface area contributed by atoms with Crippen LogP contribution in [0.3, 0.4) is 0 Å². The highest BCUT2D eigenvalue weighted by molar-refractivity contribution is 7.99.